The molecule has 0 bridgehead atoms. The van der Waals surface area contributed by atoms with Crippen LogP contribution in [0.5, 0.6) is 5.88 Å². The first-order valence-corrected chi connectivity index (χ1v) is 6.89. The molecule has 1 saturated carbocycles. The second kappa shape index (κ2) is 5.83. The average Bonchev–Trinajstić information content (AvgIpc) is 2.33. The number of nitrogens with zero attached hydrogens (tertiary/aromatic N) is 2. The number of pyridine rings is 1. The van der Waals surface area contributed by atoms with Crippen LogP contribution in [-0.4, -0.2) is 36.1 Å². The Balaban J connectivity index is 1.88. The first-order valence-electron chi connectivity index (χ1n) is 6.10. The van der Waals surface area contributed by atoms with Gasteiger partial charge in [-0.15, -0.1) is 0 Å². The van der Waals surface area contributed by atoms with E-state index >= 15 is 0 Å². The lowest BCUT2D eigenvalue weighted by Gasteiger charge is -2.32. The van der Waals surface area contributed by atoms with Crippen molar-refractivity contribution in [3.8, 4) is 5.88 Å². The summed E-state index contributed by atoms with van der Waals surface area (Å²) in [5, 5.41) is 0. The van der Waals surface area contributed by atoms with Gasteiger partial charge >= 0.3 is 0 Å². The predicted molar refractivity (Wildman–Crippen MR) is 72.3 cm³/mol. The highest BCUT2D eigenvalue weighted by molar-refractivity contribution is 9.10. The van der Waals surface area contributed by atoms with Crippen LogP contribution in [0.3, 0.4) is 0 Å². The molecule has 1 aliphatic carbocycles. The fraction of sp³-hybridized carbons (Fsp3) is 0.615. The van der Waals surface area contributed by atoms with Gasteiger partial charge in [0, 0.05) is 12.2 Å². The first-order chi connectivity index (χ1) is 8.16. The van der Waals surface area contributed by atoms with E-state index in [4.69, 9.17) is 4.74 Å². The van der Waals surface area contributed by atoms with Gasteiger partial charge in [0.2, 0.25) is 5.88 Å². The van der Waals surface area contributed by atoms with Crippen molar-refractivity contribution in [2.45, 2.75) is 37.8 Å². The Morgan fingerprint density at radius 2 is 2.00 bits per heavy atom. The Labute approximate surface area is 111 Å². The Hall–Kier alpha value is -0.610. The summed E-state index contributed by atoms with van der Waals surface area (Å²) in [6.45, 7) is 0. The molecule has 0 N–H and O–H groups in total. The quantitative estimate of drug-likeness (QED) is 0.857. The number of halogens is 1. The van der Waals surface area contributed by atoms with E-state index in [1.54, 1.807) is 6.20 Å². The van der Waals surface area contributed by atoms with E-state index in [9.17, 15) is 0 Å². The SMILES string of the molecule is CN(C)C1CCC(Oc2ncccc2Br)CC1. The van der Waals surface area contributed by atoms with E-state index in [1.807, 2.05) is 12.1 Å². The molecule has 0 amide bonds. The number of rotatable bonds is 3. The monoisotopic (exact) mass is 298 g/mol. The van der Waals surface area contributed by atoms with Gasteiger partial charge in [-0.2, -0.15) is 0 Å². The summed E-state index contributed by atoms with van der Waals surface area (Å²) in [6.07, 6.45) is 6.74. The molecule has 0 unspecified atom stereocenters. The van der Waals surface area contributed by atoms with E-state index in [0.29, 0.717) is 12.1 Å². The Morgan fingerprint density at radius 3 is 2.59 bits per heavy atom. The van der Waals surface area contributed by atoms with E-state index in [1.165, 1.54) is 12.8 Å². The van der Waals surface area contributed by atoms with Crippen LogP contribution in [0.2, 0.25) is 0 Å². The largest absolute Gasteiger partial charge is 0.474 e. The van der Waals surface area contributed by atoms with Crippen molar-refractivity contribution < 1.29 is 4.74 Å². The highest BCUT2D eigenvalue weighted by Gasteiger charge is 2.24. The molecule has 2 rings (SSSR count). The van der Waals surface area contributed by atoms with Crippen LogP contribution in [0.15, 0.2) is 22.8 Å². The molecule has 94 valence electrons. The lowest BCUT2D eigenvalue weighted by atomic mass is 9.92. The fourth-order valence-corrected chi connectivity index (χ4v) is 2.64. The lowest BCUT2D eigenvalue weighted by Crippen LogP contribution is -2.35. The van der Waals surface area contributed by atoms with E-state index in [-0.39, 0.29) is 0 Å². The fourth-order valence-electron chi connectivity index (χ4n) is 2.30. The molecule has 3 nitrogen and oxygen atoms in total. The molecule has 1 aliphatic rings. The topological polar surface area (TPSA) is 25.4 Å². The minimum atomic E-state index is 0.317. The first kappa shape index (κ1) is 12.8. The zero-order valence-corrected chi connectivity index (χ0v) is 12.0. The molecular formula is C13H19BrN2O. The summed E-state index contributed by atoms with van der Waals surface area (Å²) >= 11 is 3.46. The molecule has 1 aromatic heterocycles. The third-order valence-electron chi connectivity index (χ3n) is 3.38. The molecule has 0 aliphatic heterocycles. The summed E-state index contributed by atoms with van der Waals surface area (Å²) in [7, 11) is 4.31. The zero-order chi connectivity index (χ0) is 12.3. The molecule has 1 aromatic rings. The third kappa shape index (κ3) is 3.42. The highest BCUT2D eigenvalue weighted by Crippen LogP contribution is 2.28. The molecule has 0 spiro atoms. The van der Waals surface area contributed by atoms with Gasteiger partial charge in [-0.25, -0.2) is 4.98 Å². The standard InChI is InChI=1S/C13H19BrN2O/c1-16(2)10-5-7-11(8-6-10)17-13-12(14)4-3-9-15-13/h3-4,9-11H,5-8H2,1-2H3. The Kier molecular flexibility index (Phi) is 4.40. The molecule has 0 atom stereocenters. The van der Waals surface area contributed by atoms with Crippen LogP contribution in [0, 0.1) is 0 Å². The molecule has 1 heterocycles. The Morgan fingerprint density at radius 1 is 1.29 bits per heavy atom. The van der Waals surface area contributed by atoms with Crippen LogP contribution in [0.25, 0.3) is 0 Å². The summed E-state index contributed by atoms with van der Waals surface area (Å²) in [5.74, 6) is 0.723. The molecule has 1 fully saturated rings. The summed E-state index contributed by atoms with van der Waals surface area (Å²) in [4.78, 5) is 6.56. The highest BCUT2D eigenvalue weighted by atomic mass is 79.9. The van der Waals surface area contributed by atoms with Crippen LogP contribution in [0.1, 0.15) is 25.7 Å². The summed E-state index contributed by atoms with van der Waals surface area (Å²) in [6, 6.07) is 4.58. The Bertz CT molecular complexity index is 362. The van der Waals surface area contributed by atoms with Crippen LogP contribution in [-0.2, 0) is 0 Å². The number of ether oxygens (including phenoxy) is 1. The smallest absolute Gasteiger partial charge is 0.228 e. The molecular weight excluding hydrogens is 280 g/mol. The number of hydrogen-bond acceptors (Lipinski definition) is 3. The third-order valence-corrected chi connectivity index (χ3v) is 3.98. The van der Waals surface area contributed by atoms with Gasteiger partial charge in [-0.05, 0) is 67.8 Å². The lowest BCUT2D eigenvalue weighted by molar-refractivity contribution is 0.106. The van der Waals surface area contributed by atoms with E-state index in [0.717, 1.165) is 23.2 Å². The maximum Gasteiger partial charge on any atom is 0.228 e. The van der Waals surface area contributed by atoms with Crippen molar-refractivity contribution in [1.29, 1.82) is 0 Å². The average molecular weight is 299 g/mol. The predicted octanol–water partition coefficient (Wildman–Crippen LogP) is 3.10. The molecule has 0 aromatic carbocycles. The van der Waals surface area contributed by atoms with Gasteiger partial charge in [0.25, 0.3) is 0 Å². The van der Waals surface area contributed by atoms with Gasteiger partial charge < -0.3 is 9.64 Å². The van der Waals surface area contributed by atoms with Crippen LogP contribution >= 0.6 is 15.9 Å². The van der Waals surface area contributed by atoms with Crippen molar-refractivity contribution in [3.63, 3.8) is 0 Å². The zero-order valence-electron chi connectivity index (χ0n) is 10.4. The van der Waals surface area contributed by atoms with Crippen LogP contribution in [0.4, 0.5) is 0 Å². The minimum Gasteiger partial charge on any atom is -0.474 e. The van der Waals surface area contributed by atoms with Crippen molar-refractivity contribution in [2.75, 3.05) is 14.1 Å². The molecule has 4 heteroatoms. The van der Waals surface area contributed by atoms with E-state index in [2.05, 4.69) is 39.9 Å². The second-order valence-corrected chi connectivity index (χ2v) is 5.66. The number of hydrogen-bond donors (Lipinski definition) is 0. The molecule has 17 heavy (non-hydrogen) atoms. The maximum absolute atomic E-state index is 5.94. The van der Waals surface area contributed by atoms with Crippen molar-refractivity contribution in [3.05, 3.63) is 22.8 Å². The van der Waals surface area contributed by atoms with Gasteiger partial charge in [-0.1, -0.05) is 0 Å². The van der Waals surface area contributed by atoms with Gasteiger partial charge in [-0.3, -0.25) is 0 Å². The maximum atomic E-state index is 5.94. The summed E-state index contributed by atoms with van der Waals surface area (Å²) < 4.78 is 6.88. The van der Waals surface area contributed by atoms with E-state index < -0.39 is 0 Å². The minimum absolute atomic E-state index is 0.317. The second-order valence-electron chi connectivity index (χ2n) is 4.80. The van der Waals surface area contributed by atoms with Gasteiger partial charge in [0.1, 0.15) is 6.10 Å². The molecule has 0 saturated heterocycles. The molecule has 0 radical (unpaired) electrons. The van der Waals surface area contributed by atoms with Crippen LogP contribution < -0.4 is 4.74 Å². The summed E-state index contributed by atoms with van der Waals surface area (Å²) in [5.41, 5.74) is 0. The normalized spacial score (nSPS) is 24.9. The van der Waals surface area contributed by atoms with Gasteiger partial charge in [0.05, 0.1) is 4.47 Å². The van der Waals surface area contributed by atoms with Crippen molar-refractivity contribution in [2.24, 2.45) is 0 Å². The van der Waals surface area contributed by atoms with Crippen molar-refractivity contribution in [1.82, 2.24) is 9.88 Å². The number of aromatic nitrogens is 1. The van der Waals surface area contributed by atoms with Gasteiger partial charge in [0.15, 0.2) is 0 Å². The van der Waals surface area contributed by atoms with Crippen molar-refractivity contribution >= 4 is 15.9 Å².